The number of hydrogen-bond acceptors (Lipinski definition) is 4. The maximum absolute atomic E-state index is 12.9. The molecule has 1 saturated heterocycles. The number of rotatable bonds is 4. The molecule has 3 aromatic rings. The molecule has 1 aliphatic heterocycles. The monoisotopic (exact) mass is 378 g/mol. The van der Waals surface area contributed by atoms with Gasteiger partial charge in [-0.2, -0.15) is 5.10 Å². The van der Waals surface area contributed by atoms with Crippen molar-refractivity contribution in [2.75, 3.05) is 13.1 Å². The summed E-state index contributed by atoms with van der Waals surface area (Å²) in [7, 11) is 0. The van der Waals surface area contributed by atoms with Crippen LogP contribution >= 0.6 is 0 Å². The van der Waals surface area contributed by atoms with E-state index in [0.717, 1.165) is 42.4 Å². The highest BCUT2D eigenvalue weighted by Gasteiger charge is 2.27. The molecule has 4 rings (SSSR count). The maximum atomic E-state index is 12.9. The van der Waals surface area contributed by atoms with Crippen LogP contribution in [0.3, 0.4) is 0 Å². The van der Waals surface area contributed by atoms with Gasteiger partial charge >= 0.3 is 0 Å². The van der Waals surface area contributed by atoms with E-state index in [9.17, 15) is 4.79 Å². The second-order valence-electron chi connectivity index (χ2n) is 7.73. The number of piperidine rings is 1. The van der Waals surface area contributed by atoms with Gasteiger partial charge in [0.25, 0.3) is 5.91 Å². The summed E-state index contributed by atoms with van der Waals surface area (Å²) in [6, 6.07) is 6.12. The van der Waals surface area contributed by atoms with Crippen molar-refractivity contribution >= 4 is 5.91 Å². The number of carbonyl (C=O) groups is 1. The summed E-state index contributed by atoms with van der Waals surface area (Å²) in [6.07, 6.45) is 7.40. The number of imidazole rings is 1. The summed E-state index contributed by atoms with van der Waals surface area (Å²) in [5.74, 6) is 2.48. The number of aryl methyl sites for hydroxylation is 1. The zero-order valence-electron chi connectivity index (χ0n) is 16.6. The number of aromatic nitrogens is 5. The Labute approximate surface area is 164 Å². The molecule has 1 aliphatic rings. The van der Waals surface area contributed by atoms with E-state index in [-0.39, 0.29) is 11.8 Å². The van der Waals surface area contributed by atoms with Gasteiger partial charge in [0.05, 0.1) is 11.8 Å². The van der Waals surface area contributed by atoms with E-state index in [1.807, 2.05) is 36.4 Å². The molecule has 0 saturated carbocycles. The second-order valence-corrected chi connectivity index (χ2v) is 7.73. The molecule has 4 heterocycles. The van der Waals surface area contributed by atoms with E-state index in [4.69, 9.17) is 4.98 Å². The number of carbonyl (C=O) groups excluding carboxylic acids is 1. The van der Waals surface area contributed by atoms with Gasteiger partial charge in [-0.05, 0) is 31.9 Å². The number of amides is 1. The van der Waals surface area contributed by atoms with Crippen LogP contribution in [0, 0.1) is 6.92 Å². The fourth-order valence-electron chi connectivity index (χ4n) is 3.88. The zero-order valence-corrected chi connectivity index (χ0v) is 16.6. The van der Waals surface area contributed by atoms with Crippen molar-refractivity contribution in [3.05, 3.63) is 59.6 Å². The molecule has 146 valence electrons. The van der Waals surface area contributed by atoms with Crippen molar-refractivity contribution in [3.8, 4) is 5.82 Å². The molecule has 7 heteroatoms. The topological polar surface area (TPSA) is 79.7 Å². The Hall–Kier alpha value is -2.96. The second kappa shape index (κ2) is 7.58. The Bertz CT molecular complexity index is 973. The van der Waals surface area contributed by atoms with Crippen LogP contribution in [-0.4, -0.2) is 48.6 Å². The van der Waals surface area contributed by atoms with Gasteiger partial charge < -0.3 is 4.90 Å². The molecule has 0 aliphatic carbocycles. The first-order valence-electron chi connectivity index (χ1n) is 9.84. The number of pyridine rings is 1. The summed E-state index contributed by atoms with van der Waals surface area (Å²) in [5, 5.41) is 6.83. The van der Waals surface area contributed by atoms with Crippen molar-refractivity contribution in [2.24, 2.45) is 0 Å². The highest BCUT2D eigenvalue weighted by molar-refractivity contribution is 5.95. The minimum Gasteiger partial charge on any atom is -0.338 e. The van der Waals surface area contributed by atoms with Crippen molar-refractivity contribution in [2.45, 2.75) is 45.4 Å². The molecule has 0 aromatic carbocycles. The molecule has 0 bridgehead atoms. The molecule has 1 fully saturated rings. The van der Waals surface area contributed by atoms with Crippen LogP contribution in [0.25, 0.3) is 5.82 Å². The molecule has 0 unspecified atom stereocenters. The summed E-state index contributed by atoms with van der Waals surface area (Å²) >= 11 is 0. The zero-order chi connectivity index (χ0) is 19.7. The van der Waals surface area contributed by atoms with Crippen molar-refractivity contribution in [3.63, 3.8) is 0 Å². The van der Waals surface area contributed by atoms with Crippen molar-refractivity contribution in [1.29, 1.82) is 0 Å². The van der Waals surface area contributed by atoms with Gasteiger partial charge in [0.15, 0.2) is 0 Å². The lowest BCUT2D eigenvalue weighted by Crippen LogP contribution is -2.39. The van der Waals surface area contributed by atoms with Crippen LogP contribution in [0.5, 0.6) is 0 Å². The summed E-state index contributed by atoms with van der Waals surface area (Å²) in [4.78, 5) is 24.2. The van der Waals surface area contributed by atoms with Crippen LogP contribution < -0.4 is 0 Å². The fraction of sp³-hybridized carbons (Fsp3) is 0.429. The normalized spacial score (nSPS) is 17.3. The predicted molar refractivity (Wildman–Crippen MR) is 107 cm³/mol. The van der Waals surface area contributed by atoms with E-state index in [0.29, 0.717) is 18.0 Å². The molecule has 3 aromatic heterocycles. The standard InChI is InChI=1S/C21H26N6O/c1-14(2)20-22-9-11-27(20)19-8-4-7-18(24-19)16-6-5-10-26(13-16)21(28)17-12-23-25-15(17)3/h4,7-9,11-12,14,16H,5-6,10,13H2,1-3H3,(H,23,25)/t16-/m0/s1. The van der Waals surface area contributed by atoms with Crippen LogP contribution in [-0.2, 0) is 0 Å². The predicted octanol–water partition coefficient (Wildman–Crippen LogP) is 3.44. The molecule has 28 heavy (non-hydrogen) atoms. The third-order valence-electron chi connectivity index (χ3n) is 5.38. The lowest BCUT2D eigenvalue weighted by molar-refractivity contribution is 0.0705. The third kappa shape index (κ3) is 3.44. The van der Waals surface area contributed by atoms with Gasteiger partial charge in [-0.25, -0.2) is 9.97 Å². The fourth-order valence-corrected chi connectivity index (χ4v) is 3.88. The lowest BCUT2D eigenvalue weighted by Gasteiger charge is -2.32. The number of aromatic amines is 1. The van der Waals surface area contributed by atoms with Crippen LogP contribution in [0.1, 0.15) is 66.1 Å². The van der Waals surface area contributed by atoms with E-state index in [1.165, 1.54) is 0 Å². The highest BCUT2D eigenvalue weighted by Crippen LogP contribution is 2.28. The first kappa shape index (κ1) is 18.4. The van der Waals surface area contributed by atoms with Gasteiger partial charge in [-0.15, -0.1) is 0 Å². The molecule has 7 nitrogen and oxygen atoms in total. The summed E-state index contributed by atoms with van der Waals surface area (Å²) < 4.78 is 2.05. The maximum Gasteiger partial charge on any atom is 0.257 e. The molecule has 0 radical (unpaired) electrons. The number of H-pyrrole nitrogens is 1. The van der Waals surface area contributed by atoms with Crippen LogP contribution in [0.15, 0.2) is 36.8 Å². The molecule has 0 spiro atoms. The van der Waals surface area contributed by atoms with E-state index >= 15 is 0 Å². The minimum absolute atomic E-state index is 0.0452. The molecule has 1 atom stereocenters. The Morgan fingerprint density at radius 2 is 2.18 bits per heavy atom. The first-order chi connectivity index (χ1) is 13.5. The quantitative estimate of drug-likeness (QED) is 0.754. The van der Waals surface area contributed by atoms with Gasteiger partial charge in [0.2, 0.25) is 0 Å². The Morgan fingerprint density at radius 3 is 2.93 bits per heavy atom. The van der Waals surface area contributed by atoms with Gasteiger partial charge in [-0.1, -0.05) is 19.9 Å². The first-order valence-corrected chi connectivity index (χ1v) is 9.84. The molecular weight excluding hydrogens is 352 g/mol. The smallest absolute Gasteiger partial charge is 0.257 e. The minimum atomic E-state index is 0.0452. The number of hydrogen-bond donors (Lipinski definition) is 1. The van der Waals surface area contributed by atoms with Gasteiger partial charge in [-0.3, -0.25) is 14.5 Å². The SMILES string of the molecule is Cc1[nH]ncc1C(=O)N1CCC[C@H](c2cccc(-n3ccnc3C(C)C)n2)C1. The largest absolute Gasteiger partial charge is 0.338 e. The number of nitrogens with zero attached hydrogens (tertiary/aromatic N) is 5. The highest BCUT2D eigenvalue weighted by atomic mass is 16.2. The van der Waals surface area contributed by atoms with E-state index in [1.54, 1.807) is 6.20 Å². The Balaban J connectivity index is 1.57. The third-order valence-corrected chi connectivity index (χ3v) is 5.38. The Morgan fingerprint density at radius 1 is 1.32 bits per heavy atom. The summed E-state index contributed by atoms with van der Waals surface area (Å²) in [6.45, 7) is 7.60. The van der Waals surface area contributed by atoms with Gasteiger partial charge in [0.1, 0.15) is 11.6 Å². The summed E-state index contributed by atoms with van der Waals surface area (Å²) in [5.41, 5.74) is 2.50. The van der Waals surface area contributed by atoms with Crippen LogP contribution in [0.2, 0.25) is 0 Å². The van der Waals surface area contributed by atoms with Gasteiger partial charge in [0, 0.05) is 48.7 Å². The van der Waals surface area contributed by atoms with E-state index in [2.05, 4.69) is 39.7 Å². The van der Waals surface area contributed by atoms with E-state index < -0.39 is 0 Å². The average Bonchev–Trinajstić information content (AvgIpc) is 3.37. The Kier molecular flexibility index (Phi) is 4.98. The lowest BCUT2D eigenvalue weighted by atomic mass is 9.93. The number of nitrogens with one attached hydrogen (secondary N) is 1. The van der Waals surface area contributed by atoms with Crippen molar-refractivity contribution < 1.29 is 4.79 Å². The number of likely N-dealkylation sites (tertiary alicyclic amines) is 1. The average molecular weight is 378 g/mol. The molecule has 1 N–H and O–H groups in total. The van der Waals surface area contributed by atoms with Crippen LogP contribution in [0.4, 0.5) is 0 Å². The molecule has 1 amide bonds. The molecular formula is C21H26N6O. The van der Waals surface area contributed by atoms with Crippen molar-refractivity contribution in [1.82, 2.24) is 29.6 Å².